The number of benzene rings is 1. The van der Waals surface area contributed by atoms with Gasteiger partial charge in [-0.1, -0.05) is 22.0 Å². The molecule has 0 amide bonds. The van der Waals surface area contributed by atoms with Crippen molar-refractivity contribution in [3.8, 4) is 11.3 Å². The number of carbonyl (C=O) groups is 1. The third-order valence-electron chi connectivity index (χ3n) is 3.80. The maximum Gasteiger partial charge on any atom is 0.354 e. The smallest absolute Gasteiger partial charge is 0.354 e. The average Bonchev–Trinajstić information content (AvgIpc) is 2.99. The van der Waals surface area contributed by atoms with E-state index in [1.807, 2.05) is 10.5 Å². The molecule has 5 nitrogen and oxygen atoms in total. The van der Waals surface area contributed by atoms with E-state index < -0.39 is 5.97 Å². The Bertz CT molecular complexity index is 892. The number of fused-ring (bicyclic) bond motifs is 5. The number of aromatic nitrogens is 3. The van der Waals surface area contributed by atoms with Crippen LogP contribution in [0.15, 0.2) is 28.9 Å². The second-order valence-corrected chi connectivity index (χ2v) is 5.85. The van der Waals surface area contributed by atoms with E-state index in [4.69, 9.17) is 0 Å². The molecule has 0 radical (unpaired) electrons. The molecular formula is C14H10BrN3O2. The van der Waals surface area contributed by atoms with Crippen LogP contribution in [0.5, 0.6) is 0 Å². The Morgan fingerprint density at radius 1 is 1.45 bits per heavy atom. The van der Waals surface area contributed by atoms with E-state index in [0.29, 0.717) is 5.78 Å². The third-order valence-corrected chi connectivity index (χ3v) is 4.30. The Morgan fingerprint density at radius 3 is 3.00 bits per heavy atom. The first-order valence-electron chi connectivity index (χ1n) is 6.15. The Kier molecular flexibility index (Phi) is 2.18. The zero-order valence-electron chi connectivity index (χ0n) is 10.6. The summed E-state index contributed by atoms with van der Waals surface area (Å²) in [6.07, 6.45) is 2.42. The zero-order valence-corrected chi connectivity index (χ0v) is 12.2. The Balaban J connectivity index is 2.00. The number of nitrogens with zero attached hydrogens (tertiary/aromatic N) is 3. The van der Waals surface area contributed by atoms with Crippen LogP contribution in [0.25, 0.3) is 17.0 Å². The number of aromatic carboxylic acids is 1. The van der Waals surface area contributed by atoms with Crippen LogP contribution < -0.4 is 0 Å². The molecule has 0 saturated heterocycles. The van der Waals surface area contributed by atoms with Crippen molar-refractivity contribution in [3.63, 3.8) is 0 Å². The van der Waals surface area contributed by atoms with Gasteiger partial charge in [-0.05, 0) is 17.7 Å². The summed E-state index contributed by atoms with van der Waals surface area (Å²) in [6, 6.07) is 6.14. The van der Waals surface area contributed by atoms with E-state index in [1.165, 1.54) is 5.56 Å². The molecule has 1 aromatic carbocycles. The minimum atomic E-state index is -0.940. The van der Waals surface area contributed by atoms with E-state index >= 15 is 0 Å². The van der Waals surface area contributed by atoms with Gasteiger partial charge in [-0.25, -0.2) is 9.78 Å². The van der Waals surface area contributed by atoms with Crippen LogP contribution >= 0.6 is 15.9 Å². The number of imidazole rings is 2. The molecule has 0 atom stereocenters. The van der Waals surface area contributed by atoms with Gasteiger partial charge in [0.15, 0.2) is 0 Å². The van der Waals surface area contributed by atoms with Crippen molar-refractivity contribution in [3.05, 3.63) is 45.8 Å². The lowest BCUT2D eigenvalue weighted by Gasteiger charge is -1.99. The lowest BCUT2D eigenvalue weighted by molar-refractivity contribution is 0.0687. The van der Waals surface area contributed by atoms with Crippen LogP contribution in [0.1, 0.15) is 21.7 Å². The van der Waals surface area contributed by atoms with Crippen molar-refractivity contribution >= 4 is 27.7 Å². The fourth-order valence-electron chi connectivity index (χ4n) is 2.85. The van der Waals surface area contributed by atoms with Gasteiger partial charge in [-0.2, -0.15) is 0 Å². The number of hydrogen-bond acceptors (Lipinski definition) is 2. The molecule has 2 aromatic heterocycles. The molecule has 0 aliphatic heterocycles. The summed E-state index contributed by atoms with van der Waals surface area (Å²) in [7, 11) is 1.73. The van der Waals surface area contributed by atoms with Crippen LogP contribution in [0.3, 0.4) is 0 Å². The molecule has 1 aliphatic carbocycles. The van der Waals surface area contributed by atoms with Gasteiger partial charge in [0.05, 0.1) is 11.4 Å². The van der Waals surface area contributed by atoms with E-state index in [1.54, 1.807) is 17.8 Å². The van der Waals surface area contributed by atoms with Gasteiger partial charge >= 0.3 is 5.97 Å². The minimum absolute atomic E-state index is 0.243. The molecular weight excluding hydrogens is 322 g/mol. The monoisotopic (exact) mass is 331 g/mol. The molecule has 0 fully saturated rings. The number of carboxylic acid groups (broad SMARTS) is 1. The number of aryl methyl sites for hydroxylation is 1. The van der Waals surface area contributed by atoms with Crippen molar-refractivity contribution in [2.45, 2.75) is 6.42 Å². The van der Waals surface area contributed by atoms with E-state index in [2.05, 4.69) is 33.0 Å². The van der Waals surface area contributed by atoms with Crippen LogP contribution in [0, 0.1) is 0 Å². The van der Waals surface area contributed by atoms with Gasteiger partial charge < -0.3 is 9.67 Å². The standard InChI is InChI=1S/C14H10BrN3O2/c1-17-11(13(19)20)6-18-10-5-7-4-8(15)2-3-9(7)12(10)16-14(17)18/h2-4,6H,5H2,1H3,(H,19,20). The lowest BCUT2D eigenvalue weighted by atomic mass is 10.1. The minimum Gasteiger partial charge on any atom is -0.477 e. The van der Waals surface area contributed by atoms with Gasteiger partial charge in [0.25, 0.3) is 0 Å². The van der Waals surface area contributed by atoms with Crippen molar-refractivity contribution in [2.75, 3.05) is 0 Å². The lowest BCUT2D eigenvalue weighted by Crippen LogP contribution is -2.04. The van der Waals surface area contributed by atoms with Crippen LogP contribution in [-0.4, -0.2) is 25.0 Å². The highest BCUT2D eigenvalue weighted by Crippen LogP contribution is 2.38. The Hall–Kier alpha value is -2.08. The molecule has 0 unspecified atom stereocenters. The molecule has 6 heteroatoms. The number of carboxylic acids is 1. The second-order valence-electron chi connectivity index (χ2n) is 4.93. The summed E-state index contributed by atoms with van der Waals surface area (Å²) in [5, 5.41) is 9.18. The average molecular weight is 332 g/mol. The number of hydrogen-bond donors (Lipinski definition) is 1. The van der Waals surface area contributed by atoms with Crippen molar-refractivity contribution < 1.29 is 9.90 Å². The highest BCUT2D eigenvalue weighted by atomic mass is 79.9. The van der Waals surface area contributed by atoms with Crippen LogP contribution in [0.2, 0.25) is 0 Å². The summed E-state index contributed by atoms with van der Waals surface area (Å²) < 4.78 is 4.54. The first kappa shape index (κ1) is 11.7. The molecule has 1 N–H and O–H groups in total. The highest BCUT2D eigenvalue weighted by Gasteiger charge is 2.27. The Labute approximate surface area is 122 Å². The van der Waals surface area contributed by atoms with E-state index in [-0.39, 0.29) is 5.69 Å². The summed E-state index contributed by atoms with van der Waals surface area (Å²) in [4.78, 5) is 15.8. The van der Waals surface area contributed by atoms with Crippen LogP contribution in [0.4, 0.5) is 0 Å². The first-order chi connectivity index (χ1) is 9.56. The quantitative estimate of drug-likeness (QED) is 0.583. The molecule has 2 heterocycles. The highest BCUT2D eigenvalue weighted by molar-refractivity contribution is 9.10. The van der Waals surface area contributed by atoms with Crippen molar-refractivity contribution in [1.29, 1.82) is 0 Å². The van der Waals surface area contributed by atoms with E-state index in [9.17, 15) is 9.90 Å². The molecule has 0 spiro atoms. The van der Waals surface area contributed by atoms with Gasteiger partial charge in [0, 0.05) is 29.7 Å². The molecule has 0 saturated carbocycles. The predicted molar refractivity (Wildman–Crippen MR) is 77.1 cm³/mol. The Morgan fingerprint density at radius 2 is 2.25 bits per heavy atom. The largest absolute Gasteiger partial charge is 0.477 e. The van der Waals surface area contributed by atoms with Gasteiger partial charge in [-0.15, -0.1) is 0 Å². The molecule has 20 heavy (non-hydrogen) atoms. The van der Waals surface area contributed by atoms with Gasteiger partial charge in [0.1, 0.15) is 5.69 Å². The number of rotatable bonds is 1. The molecule has 4 rings (SSSR count). The van der Waals surface area contributed by atoms with E-state index in [0.717, 1.165) is 27.8 Å². The first-order valence-corrected chi connectivity index (χ1v) is 6.94. The summed E-state index contributed by atoms with van der Waals surface area (Å²) >= 11 is 3.47. The van der Waals surface area contributed by atoms with Crippen molar-refractivity contribution in [1.82, 2.24) is 14.0 Å². The van der Waals surface area contributed by atoms with Crippen LogP contribution in [-0.2, 0) is 13.5 Å². The third kappa shape index (κ3) is 1.37. The van der Waals surface area contributed by atoms with Gasteiger partial charge in [-0.3, -0.25) is 4.40 Å². The zero-order chi connectivity index (χ0) is 14.0. The summed E-state index contributed by atoms with van der Waals surface area (Å²) in [6.45, 7) is 0. The fraction of sp³-hybridized carbons (Fsp3) is 0.143. The molecule has 0 bridgehead atoms. The maximum atomic E-state index is 11.2. The second kappa shape index (κ2) is 3.73. The van der Waals surface area contributed by atoms with Crippen molar-refractivity contribution in [2.24, 2.45) is 7.05 Å². The SMILES string of the molecule is Cn1c(C(=O)O)cn2c3c(nc12)-c1ccc(Br)cc1C3. The number of halogens is 1. The fourth-order valence-corrected chi connectivity index (χ4v) is 3.25. The molecule has 1 aliphatic rings. The van der Waals surface area contributed by atoms with Gasteiger partial charge in [0.2, 0.25) is 5.78 Å². The normalized spacial score (nSPS) is 12.7. The molecule has 100 valence electrons. The summed E-state index contributed by atoms with van der Waals surface area (Å²) in [5.74, 6) is -0.272. The summed E-state index contributed by atoms with van der Waals surface area (Å²) in [5.41, 5.74) is 4.59. The molecule has 3 aromatic rings. The topological polar surface area (TPSA) is 59.5 Å². The predicted octanol–water partition coefficient (Wildman–Crippen LogP) is 2.70. The maximum absolute atomic E-state index is 11.2.